The van der Waals surface area contributed by atoms with Gasteiger partial charge >= 0.3 is 0 Å². The molecule has 1 saturated heterocycles. The van der Waals surface area contributed by atoms with E-state index in [-0.39, 0.29) is 5.91 Å². The van der Waals surface area contributed by atoms with Crippen LogP contribution in [0, 0.1) is 0 Å². The van der Waals surface area contributed by atoms with Gasteiger partial charge in [-0.3, -0.25) is 23.6 Å². The summed E-state index contributed by atoms with van der Waals surface area (Å²) in [5.41, 5.74) is 0.652. The summed E-state index contributed by atoms with van der Waals surface area (Å²) in [5, 5.41) is 10.6. The van der Waals surface area contributed by atoms with Crippen molar-refractivity contribution in [3.05, 3.63) is 66.4 Å². The van der Waals surface area contributed by atoms with Gasteiger partial charge in [0.15, 0.2) is 0 Å². The summed E-state index contributed by atoms with van der Waals surface area (Å²) in [6, 6.07) is 15.4. The van der Waals surface area contributed by atoms with Gasteiger partial charge in [0, 0.05) is 17.1 Å². The zero-order valence-corrected chi connectivity index (χ0v) is 16.1. The van der Waals surface area contributed by atoms with Crippen molar-refractivity contribution in [1.82, 2.24) is 9.88 Å². The molecule has 3 aromatic rings. The van der Waals surface area contributed by atoms with Gasteiger partial charge in [-0.05, 0) is 43.3 Å². The van der Waals surface area contributed by atoms with Crippen LogP contribution in [-0.4, -0.2) is 48.7 Å². The van der Waals surface area contributed by atoms with E-state index >= 15 is 0 Å². The van der Waals surface area contributed by atoms with Crippen molar-refractivity contribution in [2.24, 2.45) is 0 Å². The average molecular weight is 399 g/mol. The highest BCUT2D eigenvalue weighted by Crippen LogP contribution is 2.50. The number of β-amino-alcohol motifs (C(OH)–C–C–N with tert-alkyl or cyclic N) is 1. The molecule has 0 spiro atoms. The number of nitrogens with zero attached hydrogens (tertiary/aromatic N) is 2. The van der Waals surface area contributed by atoms with Crippen LogP contribution in [0.15, 0.2) is 65.7 Å². The number of hydrogen-bond acceptors (Lipinski definition) is 6. The van der Waals surface area contributed by atoms with Gasteiger partial charge in [-0.15, -0.1) is 0 Å². The van der Waals surface area contributed by atoms with Crippen LogP contribution in [0.1, 0.15) is 17.3 Å². The number of rotatable bonds is 4. The number of pyridine rings is 1. The largest absolute Gasteiger partial charge is 0.386 e. The first kappa shape index (κ1) is 18.7. The molecule has 0 bridgehead atoms. The lowest BCUT2D eigenvalue weighted by molar-refractivity contribution is -0.0668. The molecule has 0 aliphatic carbocycles. The molecule has 28 heavy (non-hydrogen) atoms. The summed E-state index contributed by atoms with van der Waals surface area (Å²) in [7, 11) is -3.34. The zero-order chi connectivity index (χ0) is 19.9. The molecule has 146 valence electrons. The molecule has 1 amide bonds. The summed E-state index contributed by atoms with van der Waals surface area (Å²) in [6.07, 6.45) is 1.61. The zero-order valence-electron chi connectivity index (χ0n) is 15.2. The van der Waals surface area contributed by atoms with Gasteiger partial charge in [0.2, 0.25) is 0 Å². The summed E-state index contributed by atoms with van der Waals surface area (Å²) >= 11 is 0. The van der Waals surface area contributed by atoms with Gasteiger partial charge in [-0.25, -0.2) is 0 Å². The summed E-state index contributed by atoms with van der Waals surface area (Å²) < 4.78 is 24.1. The summed E-state index contributed by atoms with van der Waals surface area (Å²) in [5.74, 6) is -0.164. The van der Waals surface area contributed by atoms with Crippen LogP contribution >= 0.6 is 10.8 Å². The highest BCUT2D eigenvalue weighted by molar-refractivity contribution is 8.25. The van der Waals surface area contributed by atoms with Gasteiger partial charge in [0.1, 0.15) is 4.90 Å². The van der Waals surface area contributed by atoms with Crippen molar-refractivity contribution < 1.29 is 19.0 Å². The van der Waals surface area contributed by atoms with Crippen molar-refractivity contribution in [1.29, 1.82) is 0 Å². The minimum Gasteiger partial charge on any atom is -0.386 e. The van der Waals surface area contributed by atoms with Crippen LogP contribution in [0.2, 0.25) is 0 Å². The standard InChI is InChI=1S/C20H21N3O4S/c1-20(25)12-23(13-20)19(24)15-7-9-16(10-8-15)22-28(26,27)17-6-2-4-14-5-3-11-21-18(14)17/h2-11,22,25-27H,12-13H2,1H3. The van der Waals surface area contributed by atoms with Crippen molar-refractivity contribution in [2.75, 3.05) is 17.8 Å². The fourth-order valence-corrected chi connectivity index (χ4v) is 4.59. The van der Waals surface area contributed by atoms with E-state index in [1.165, 1.54) is 0 Å². The van der Waals surface area contributed by atoms with Gasteiger partial charge in [-0.2, -0.15) is 0 Å². The van der Waals surface area contributed by atoms with Crippen LogP contribution in [-0.2, 0) is 0 Å². The number of nitrogens with one attached hydrogen (secondary N) is 1. The van der Waals surface area contributed by atoms with E-state index < -0.39 is 16.4 Å². The Balaban J connectivity index is 1.53. The number of carbonyl (C=O) groups excluding carboxylic acids is 1. The summed E-state index contributed by atoms with van der Waals surface area (Å²) in [6.45, 7) is 2.30. The second-order valence-electron chi connectivity index (χ2n) is 7.22. The number of anilines is 1. The summed E-state index contributed by atoms with van der Waals surface area (Å²) in [4.78, 5) is 18.5. The number of fused-ring (bicyclic) bond motifs is 1. The van der Waals surface area contributed by atoms with Crippen LogP contribution in [0.5, 0.6) is 0 Å². The number of para-hydroxylation sites is 1. The maximum Gasteiger partial charge on any atom is 0.254 e. The van der Waals surface area contributed by atoms with Crippen molar-refractivity contribution >= 4 is 33.3 Å². The Kier molecular flexibility index (Phi) is 4.51. The number of likely N-dealkylation sites (tertiary alicyclic amines) is 1. The van der Waals surface area contributed by atoms with Crippen molar-refractivity contribution in [2.45, 2.75) is 17.4 Å². The van der Waals surface area contributed by atoms with E-state index in [4.69, 9.17) is 0 Å². The number of aliphatic hydroxyl groups is 1. The fourth-order valence-electron chi connectivity index (χ4n) is 3.31. The molecule has 1 aliphatic rings. The molecular weight excluding hydrogens is 378 g/mol. The Morgan fingerprint density at radius 2 is 1.79 bits per heavy atom. The third kappa shape index (κ3) is 3.55. The first-order valence-corrected chi connectivity index (χ1v) is 10.3. The smallest absolute Gasteiger partial charge is 0.254 e. The lowest BCUT2D eigenvalue weighted by atomic mass is 9.96. The molecule has 0 radical (unpaired) electrons. The first-order chi connectivity index (χ1) is 13.3. The quantitative estimate of drug-likeness (QED) is 0.534. The highest BCUT2D eigenvalue weighted by Gasteiger charge is 2.39. The van der Waals surface area contributed by atoms with E-state index in [0.29, 0.717) is 34.8 Å². The molecule has 1 aliphatic heterocycles. The Hall–Kier alpha value is -2.65. The van der Waals surface area contributed by atoms with E-state index in [2.05, 4.69) is 9.71 Å². The Labute approximate surface area is 164 Å². The third-order valence-corrected chi connectivity index (χ3v) is 6.11. The molecule has 7 nitrogen and oxygen atoms in total. The molecule has 2 heterocycles. The van der Waals surface area contributed by atoms with E-state index in [0.717, 1.165) is 5.39 Å². The second-order valence-corrected chi connectivity index (χ2v) is 8.96. The molecule has 0 saturated carbocycles. The highest BCUT2D eigenvalue weighted by atomic mass is 32.3. The average Bonchev–Trinajstić information content (AvgIpc) is 2.65. The topological polar surface area (TPSA) is 106 Å². The number of aromatic nitrogens is 1. The molecule has 4 N–H and O–H groups in total. The molecule has 1 fully saturated rings. The Morgan fingerprint density at radius 1 is 1.11 bits per heavy atom. The Morgan fingerprint density at radius 3 is 2.46 bits per heavy atom. The van der Waals surface area contributed by atoms with Gasteiger partial charge in [0.05, 0.1) is 29.9 Å². The molecule has 0 atom stereocenters. The first-order valence-electron chi connectivity index (χ1n) is 8.77. The second kappa shape index (κ2) is 6.75. The third-order valence-electron chi connectivity index (χ3n) is 4.64. The minimum absolute atomic E-state index is 0.164. The normalized spacial score (nSPS) is 16.5. The van der Waals surface area contributed by atoms with E-state index in [1.807, 2.05) is 12.1 Å². The number of hydrogen-bond donors (Lipinski definition) is 4. The molecule has 8 heteroatoms. The lowest BCUT2D eigenvalue weighted by Crippen LogP contribution is -2.61. The molecule has 4 rings (SSSR count). The van der Waals surface area contributed by atoms with E-state index in [1.54, 1.807) is 60.5 Å². The monoisotopic (exact) mass is 399 g/mol. The van der Waals surface area contributed by atoms with Crippen molar-refractivity contribution in [3.63, 3.8) is 0 Å². The van der Waals surface area contributed by atoms with Gasteiger partial charge in [0.25, 0.3) is 5.91 Å². The SMILES string of the molecule is CC1(O)CN(C(=O)c2ccc(NS(O)(O)c3cccc4cccnc34)cc2)C1. The number of benzene rings is 2. The molecule has 1 aromatic heterocycles. The fraction of sp³-hybridized carbons (Fsp3) is 0.200. The number of amides is 1. The maximum atomic E-state index is 12.4. The minimum atomic E-state index is -3.34. The predicted molar refractivity (Wildman–Crippen MR) is 109 cm³/mol. The van der Waals surface area contributed by atoms with Crippen molar-refractivity contribution in [3.8, 4) is 0 Å². The molecular formula is C20H21N3O4S. The molecule has 2 aromatic carbocycles. The lowest BCUT2D eigenvalue weighted by Gasteiger charge is -2.44. The van der Waals surface area contributed by atoms with Crippen LogP contribution < -0.4 is 4.72 Å². The Bertz CT molecular complexity index is 1020. The predicted octanol–water partition coefficient (Wildman–Crippen LogP) is 3.58. The van der Waals surface area contributed by atoms with Gasteiger partial charge in [-0.1, -0.05) is 29.0 Å². The van der Waals surface area contributed by atoms with Crippen LogP contribution in [0.3, 0.4) is 0 Å². The maximum absolute atomic E-state index is 12.4. The van der Waals surface area contributed by atoms with Crippen LogP contribution in [0.25, 0.3) is 10.9 Å². The van der Waals surface area contributed by atoms with Gasteiger partial charge < -0.3 is 10.0 Å². The van der Waals surface area contributed by atoms with E-state index in [9.17, 15) is 19.0 Å². The molecule has 0 unspecified atom stereocenters. The van der Waals surface area contributed by atoms with Crippen LogP contribution in [0.4, 0.5) is 5.69 Å². The number of carbonyl (C=O) groups is 1.